The first-order valence-corrected chi connectivity index (χ1v) is 17.9. The maximum Gasteiger partial charge on any atom is 0.249 e. The Bertz CT molecular complexity index is 1680. The summed E-state index contributed by atoms with van der Waals surface area (Å²) in [6.07, 6.45) is 4.25. The first-order chi connectivity index (χ1) is 23.2. The van der Waals surface area contributed by atoms with Crippen molar-refractivity contribution in [3.05, 3.63) is 60.2 Å². The molecule has 3 heterocycles. The van der Waals surface area contributed by atoms with Gasteiger partial charge in [0, 0.05) is 60.6 Å². The van der Waals surface area contributed by atoms with E-state index in [2.05, 4.69) is 5.32 Å². The lowest BCUT2D eigenvalue weighted by Gasteiger charge is -2.34. The molecule has 2 aliphatic heterocycles. The topological polar surface area (TPSA) is 134 Å². The summed E-state index contributed by atoms with van der Waals surface area (Å²) in [4.78, 5) is 67.5. The van der Waals surface area contributed by atoms with Gasteiger partial charge in [-0.05, 0) is 18.6 Å². The summed E-state index contributed by atoms with van der Waals surface area (Å²) in [5, 5.41) is 3.44. The monoisotopic (exact) mass is 692 g/mol. The van der Waals surface area contributed by atoms with Gasteiger partial charge in [-0.25, -0.2) is 4.98 Å². The molecule has 2 aliphatic rings. The van der Waals surface area contributed by atoms with E-state index in [0.29, 0.717) is 77.5 Å². The SMILES string of the molecule is CC/C=C/C(=O)N1CCN(c2nc(NC(=O)C3CSCN3C(=O)C(C)CSC(=O)c3ccccc3)c3cc(OC)c(OC)cc3n2)CC1. The third-order valence-corrected chi connectivity index (χ3v) is 10.3. The Labute approximate surface area is 288 Å². The Morgan fingerprint density at radius 2 is 1.75 bits per heavy atom. The molecule has 2 fully saturated rings. The maximum absolute atomic E-state index is 13.9. The normalized spacial score (nSPS) is 17.1. The van der Waals surface area contributed by atoms with Crippen molar-refractivity contribution in [2.45, 2.75) is 26.3 Å². The van der Waals surface area contributed by atoms with Crippen molar-refractivity contribution >= 4 is 69.0 Å². The van der Waals surface area contributed by atoms with E-state index in [0.717, 1.165) is 18.2 Å². The fraction of sp³-hybridized carbons (Fsp3) is 0.412. The van der Waals surface area contributed by atoms with E-state index in [9.17, 15) is 19.2 Å². The number of carbonyl (C=O) groups excluding carboxylic acids is 4. The van der Waals surface area contributed by atoms with Crippen LogP contribution in [0, 0.1) is 5.92 Å². The summed E-state index contributed by atoms with van der Waals surface area (Å²) in [5.74, 6) is 1.67. The molecule has 2 saturated heterocycles. The average molecular weight is 693 g/mol. The number of allylic oxidation sites excluding steroid dienone is 1. The van der Waals surface area contributed by atoms with E-state index < -0.39 is 12.0 Å². The van der Waals surface area contributed by atoms with E-state index >= 15 is 0 Å². The number of thioether (sulfide) groups is 2. The van der Waals surface area contributed by atoms with Crippen molar-refractivity contribution in [2.24, 2.45) is 5.92 Å². The number of rotatable bonds is 11. The van der Waals surface area contributed by atoms with Crippen LogP contribution in [0.15, 0.2) is 54.6 Å². The highest BCUT2D eigenvalue weighted by Gasteiger charge is 2.37. The number of anilines is 2. The standard InChI is InChI=1S/C34H40N6O6S2/c1-5-6-12-29(41)38-13-15-39(16-14-38)34-35-25-18-28(46-4)27(45-3)17-24(25)30(37-34)36-31(42)26-20-47-21-40(26)32(43)22(2)19-48-33(44)23-10-8-7-9-11-23/h6-12,17-18,22,26H,5,13-16,19-21H2,1-4H3,(H,35,36,37,42)/b12-6+. The van der Waals surface area contributed by atoms with Crippen LogP contribution in [0.2, 0.25) is 0 Å². The molecule has 2 unspecified atom stereocenters. The van der Waals surface area contributed by atoms with E-state index in [1.165, 1.54) is 26.0 Å². The van der Waals surface area contributed by atoms with Gasteiger partial charge >= 0.3 is 0 Å². The zero-order valence-electron chi connectivity index (χ0n) is 27.5. The molecule has 3 aromatic rings. The van der Waals surface area contributed by atoms with Gasteiger partial charge in [0.1, 0.15) is 11.9 Å². The number of nitrogens with one attached hydrogen (secondary N) is 1. The molecule has 0 bridgehead atoms. The lowest BCUT2D eigenvalue weighted by molar-refractivity contribution is -0.138. The quantitative estimate of drug-likeness (QED) is 0.288. The Kier molecular flexibility index (Phi) is 11.8. The van der Waals surface area contributed by atoms with Gasteiger partial charge in [0.25, 0.3) is 0 Å². The van der Waals surface area contributed by atoms with Crippen LogP contribution in [0.5, 0.6) is 11.5 Å². The number of benzene rings is 2. The fourth-order valence-electron chi connectivity index (χ4n) is 5.42. The minimum absolute atomic E-state index is 0.0232. The van der Waals surface area contributed by atoms with Crippen molar-refractivity contribution in [3.8, 4) is 11.5 Å². The van der Waals surface area contributed by atoms with E-state index in [1.54, 1.807) is 59.2 Å². The van der Waals surface area contributed by atoms with Gasteiger partial charge in [-0.2, -0.15) is 4.98 Å². The highest BCUT2D eigenvalue weighted by atomic mass is 32.2. The number of amides is 3. The van der Waals surface area contributed by atoms with Crippen LogP contribution >= 0.6 is 23.5 Å². The highest BCUT2D eigenvalue weighted by Crippen LogP contribution is 2.36. The minimum Gasteiger partial charge on any atom is -0.493 e. The summed E-state index contributed by atoms with van der Waals surface area (Å²) in [7, 11) is 3.07. The van der Waals surface area contributed by atoms with Crippen molar-refractivity contribution in [2.75, 3.05) is 68.0 Å². The molecule has 1 N–H and O–H groups in total. The van der Waals surface area contributed by atoms with Gasteiger partial charge in [0.15, 0.2) is 11.5 Å². The summed E-state index contributed by atoms with van der Waals surface area (Å²) in [6.45, 7) is 5.81. The first-order valence-electron chi connectivity index (χ1n) is 15.8. The number of nitrogens with zero attached hydrogens (tertiary/aromatic N) is 5. The maximum atomic E-state index is 13.9. The van der Waals surface area contributed by atoms with Crippen LogP contribution in [0.25, 0.3) is 10.9 Å². The molecule has 2 aromatic carbocycles. The molecule has 3 amide bonds. The molecule has 1 aromatic heterocycles. The van der Waals surface area contributed by atoms with Crippen molar-refractivity contribution in [1.29, 1.82) is 0 Å². The van der Waals surface area contributed by atoms with Crippen molar-refractivity contribution in [3.63, 3.8) is 0 Å². The van der Waals surface area contributed by atoms with Crippen molar-refractivity contribution < 1.29 is 28.7 Å². The number of hydrogen-bond donors (Lipinski definition) is 1. The zero-order valence-corrected chi connectivity index (χ0v) is 29.1. The lowest BCUT2D eigenvalue weighted by Crippen LogP contribution is -2.49. The Morgan fingerprint density at radius 1 is 1.04 bits per heavy atom. The molecule has 254 valence electrons. The predicted octanol–water partition coefficient (Wildman–Crippen LogP) is 4.31. The van der Waals surface area contributed by atoms with E-state index in [1.807, 2.05) is 24.0 Å². The van der Waals surface area contributed by atoms with Crippen LogP contribution < -0.4 is 19.7 Å². The molecule has 12 nitrogen and oxygen atoms in total. The van der Waals surface area contributed by atoms with Crippen molar-refractivity contribution in [1.82, 2.24) is 19.8 Å². The fourth-order valence-corrected chi connectivity index (χ4v) is 7.43. The molecule has 0 aliphatic carbocycles. The Morgan fingerprint density at radius 3 is 2.44 bits per heavy atom. The van der Waals surface area contributed by atoms with Gasteiger partial charge in [-0.3, -0.25) is 19.2 Å². The summed E-state index contributed by atoms with van der Waals surface area (Å²) in [6, 6.07) is 11.7. The van der Waals surface area contributed by atoms with Crippen LogP contribution in [0.3, 0.4) is 0 Å². The number of piperazine rings is 1. The third-order valence-electron chi connectivity index (χ3n) is 8.16. The number of methoxy groups -OCH3 is 2. The minimum atomic E-state index is -0.723. The second-order valence-corrected chi connectivity index (χ2v) is 13.4. The zero-order chi connectivity index (χ0) is 34.2. The van der Waals surface area contributed by atoms with Crippen LogP contribution in [0.1, 0.15) is 30.6 Å². The summed E-state index contributed by atoms with van der Waals surface area (Å²) in [5.41, 5.74) is 1.13. The van der Waals surface area contributed by atoms with Crippen LogP contribution in [0.4, 0.5) is 11.8 Å². The number of hydrogen-bond acceptors (Lipinski definition) is 11. The molecule has 48 heavy (non-hydrogen) atoms. The molecular weight excluding hydrogens is 653 g/mol. The number of ether oxygens (including phenoxy) is 2. The van der Waals surface area contributed by atoms with E-state index in [4.69, 9.17) is 19.4 Å². The average Bonchev–Trinajstić information content (AvgIpc) is 3.62. The van der Waals surface area contributed by atoms with Gasteiger partial charge in [0.05, 0.1) is 25.6 Å². The number of carbonyl (C=O) groups is 4. The molecule has 0 spiro atoms. The number of fused-ring (bicyclic) bond motifs is 1. The highest BCUT2D eigenvalue weighted by molar-refractivity contribution is 8.14. The van der Waals surface area contributed by atoms with Gasteiger partial charge in [-0.15, -0.1) is 11.8 Å². The largest absolute Gasteiger partial charge is 0.493 e. The van der Waals surface area contributed by atoms with Gasteiger partial charge in [0.2, 0.25) is 28.8 Å². The third kappa shape index (κ3) is 8.04. The second kappa shape index (κ2) is 16.2. The van der Waals surface area contributed by atoms with Crippen LogP contribution in [-0.4, -0.2) is 106 Å². The number of aromatic nitrogens is 2. The Hall–Kier alpha value is -4.30. The molecule has 0 saturated carbocycles. The molecule has 2 atom stereocenters. The summed E-state index contributed by atoms with van der Waals surface area (Å²) >= 11 is 2.60. The van der Waals surface area contributed by atoms with Gasteiger partial charge < -0.3 is 29.5 Å². The molecule has 14 heteroatoms. The summed E-state index contributed by atoms with van der Waals surface area (Å²) < 4.78 is 11.0. The molecule has 0 radical (unpaired) electrons. The van der Waals surface area contributed by atoms with Crippen LogP contribution in [-0.2, 0) is 14.4 Å². The van der Waals surface area contributed by atoms with Gasteiger partial charge in [-0.1, -0.05) is 62.0 Å². The lowest BCUT2D eigenvalue weighted by atomic mass is 10.1. The molecular formula is C34H40N6O6S2. The van der Waals surface area contributed by atoms with E-state index in [-0.39, 0.29) is 28.7 Å². The second-order valence-electron chi connectivity index (χ2n) is 11.4. The first kappa shape index (κ1) is 35.0. The Balaban J connectivity index is 1.34. The predicted molar refractivity (Wildman–Crippen MR) is 190 cm³/mol. The smallest absolute Gasteiger partial charge is 0.249 e. The molecule has 5 rings (SSSR count).